The summed E-state index contributed by atoms with van der Waals surface area (Å²) in [5, 5.41) is 2.59. The largest absolute Gasteiger partial charge is 0.493 e. The van der Waals surface area contributed by atoms with Gasteiger partial charge in [-0.25, -0.2) is 0 Å². The topological polar surface area (TPSA) is 111 Å². The summed E-state index contributed by atoms with van der Waals surface area (Å²) in [6, 6.07) is 10.7. The van der Waals surface area contributed by atoms with E-state index in [0.717, 1.165) is 37.7 Å². The SMILES string of the molecule is COc1ccc(CN(C[C@H]2CCCO2)C(=O)C2CCC2)cc1OS(=O)(=O)c1ccc(NC(C)=O)cc1. The second-order valence-electron chi connectivity index (χ2n) is 9.21. The first-order chi connectivity index (χ1) is 17.2. The van der Waals surface area contributed by atoms with Gasteiger partial charge in [0.2, 0.25) is 11.8 Å². The number of amides is 2. The number of rotatable bonds is 10. The van der Waals surface area contributed by atoms with Crippen molar-refractivity contribution >= 4 is 27.6 Å². The first-order valence-corrected chi connectivity index (χ1v) is 13.6. The zero-order valence-corrected chi connectivity index (χ0v) is 21.4. The van der Waals surface area contributed by atoms with E-state index in [1.54, 1.807) is 18.2 Å². The monoisotopic (exact) mass is 516 g/mol. The Morgan fingerprint density at radius 1 is 1.06 bits per heavy atom. The molecule has 36 heavy (non-hydrogen) atoms. The molecule has 2 aromatic carbocycles. The second-order valence-corrected chi connectivity index (χ2v) is 10.8. The summed E-state index contributed by atoms with van der Waals surface area (Å²) in [6.45, 7) is 2.91. The average molecular weight is 517 g/mol. The second kappa shape index (κ2) is 11.3. The van der Waals surface area contributed by atoms with Crippen LogP contribution in [0.3, 0.4) is 0 Å². The van der Waals surface area contributed by atoms with Crippen LogP contribution in [0, 0.1) is 5.92 Å². The van der Waals surface area contributed by atoms with Gasteiger partial charge in [0.15, 0.2) is 11.5 Å². The maximum atomic E-state index is 13.1. The highest BCUT2D eigenvalue weighted by Gasteiger charge is 2.32. The van der Waals surface area contributed by atoms with Crippen LogP contribution in [0.15, 0.2) is 47.4 Å². The van der Waals surface area contributed by atoms with Gasteiger partial charge in [0.05, 0.1) is 13.2 Å². The molecular formula is C26H32N2O7S. The Hall–Kier alpha value is -3.11. The van der Waals surface area contributed by atoms with Crippen molar-refractivity contribution in [1.29, 1.82) is 0 Å². The van der Waals surface area contributed by atoms with E-state index >= 15 is 0 Å². The maximum Gasteiger partial charge on any atom is 0.339 e. The highest BCUT2D eigenvalue weighted by molar-refractivity contribution is 7.87. The highest BCUT2D eigenvalue weighted by atomic mass is 32.2. The Bertz CT molecular complexity index is 1190. The van der Waals surface area contributed by atoms with Gasteiger partial charge in [-0.2, -0.15) is 8.42 Å². The lowest BCUT2D eigenvalue weighted by Gasteiger charge is -2.33. The van der Waals surface area contributed by atoms with Crippen LogP contribution in [0.25, 0.3) is 0 Å². The third-order valence-corrected chi connectivity index (χ3v) is 7.73. The lowest BCUT2D eigenvalue weighted by Crippen LogP contribution is -2.42. The number of anilines is 1. The molecule has 194 valence electrons. The molecule has 0 bridgehead atoms. The van der Waals surface area contributed by atoms with Gasteiger partial charge in [-0.15, -0.1) is 0 Å². The van der Waals surface area contributed by atoms with Gasteiger partial charge in [0.25, 0.3) is 0 Å². The van der Waals surface area contributed by atoms with Gasteiger partial charge in [-0.1, -0.05) is 12.5 Å². The van der Waals surface area contributed by atoms with Gasteiger partial charge in [-0.05, 0) is 67.6 Å². The van der Waals surface area contributed by atoms with E-state index in [4.69, 9.17) is 13.7 Å². The van der Waals surface area contributed by atoms with Crippen LogP contribution < -0.4 is 14.2 Å². The number of nitrogens with one attached hydrogen (secondary N) is 1. The Morgan fingerprint density at radius 2 is 1.81 bits per heavy atom. The summed E-state index contributed by atoms with van der Waals surface area (Å²) in [7, 11) is -2.74. The van der Waals surface area contributed by atoms with Gasteiger partial charge in [0, 0.05) is 38.2 Å². The molecule has 2 fully saturated rings. The molecule has 2 aromatic rings. The molecule has 1 aliphatic carbocycles. The fourth-order valence-corrected chi connectivity index (χ4v) is 5.29. The number of benzene rings is 2. The third-order valence-electron chi connectivity index (χ3n) is 6.48. The van der Waals surface area contributed by atoms with E-state index in [9.17, 15) is 18.0 Å². The summed E-state index contributed by atoms with van der Waals surface area (Å²) in [6.07, 6.45) is 4.79. The first kappa shape index (κ1) is 26.0. The predicted molar refractivity (Wildman–Crippen MR) is 133 cm³/mol. The minimum absolute atomic E-state index is 0.0174. The molecule has 1 saturated heterocycles. The summed E-state index contributed by atoms with van der Waals surface area (Å²) in [4.78, 5) is 26.1. The fourth-order valence-electron chi connectivity index (χ4n) is 4.36. The lowest BCUT2D eigenvalue weighted by molar-refractivity contribution is -0.140. The van der Waals surface area contributed by atoms with E-state index in [-0.39, 0.29) is 40.2 Å². The van der Waals surface area contributed by atoms with E-state index in [0.29, 0.717) is 25.4 Å². The van der Waals surface area contributed by atoms with E-state index in [1.165, 1.54) is 38.3 Å². The Balaban J connectivity index is 1.53. The number of ether oxygens (including phenoxy) is 2. The maximum absolute atomic E-state index is 13.1. The van der Waals surface area contributed by atoms with Crippen molar-refractivity contribution in [2.75, 3.05) is 25.6 Å². The number of carbonyl (C=O) groups excluding carboxylic acids is 2. The van der Waals surface area contributed by atoms with Crippen LogP contribution in [0.1, 0.15) is 44.6 Å². The Kier molecular flexibility index (Phi) is 8.15. The minimum Gasteiger partial charge on any atom is -0.493 e. The molecule has 1 atom stereocenters. The zero-order valence-electron chi connectivity index (χ0n) is 20.6. The van der Waals surface area contributed by atoms with Crippen molar-refractivity contribution < 1.29 is 31.7 Å². The highest BCUT2D eigenvalue weighted by Crippen LogP contribution is 2.33. The first-order valence-electron chi connectivity index (χ1n) is 12.1. The predicted octanol–water partition coefficient (Wildman–Crippen LogP) is 3.73. The van der Waals surface area contributed by atoms with Gasteiger partial charge in [-0.3, -0.25) is 9.59 Å². The molecule has 1 heterocycles. The number of carbonyl (C=O) groups is 2. The van der Waals surface area contributed by atoms with E-state index < -0.39 is 10.1 Å². The average Bonchev–Trinajstić information content (AvgIpc) is 3.30. The van der Waals surface area contributed by atoms with Gasteiger partial charge >= 0.3 is 10.1 Å². The summed E-state index contributed by atoms with van der Waals surface area (Å²) >= 11 is 0. The van der Waals surface area contributed by atoms with Crippen molar-refractivity contribution in [3.8, 4) is 11.5 Å². The molecule has 0 radical (unpaired) electrons. The molecule has 10 heteroatoms. The molecule has 4 rings (SSSR count). The Morgan fingerprint density at radius 3 is 2.39 bits per heavy atom. The molecule has 2 aliphatic rings. The number of nitrogens with zero attached hydrogens (tertiary/aromatic N) is 1. The normalized spacial score (nSPS) is 17.8. The van der Waals surface area contributed by atoms with Crippen LogP contribution >= 0.6 is 0 Å². The minimum atomic E-state index is -4.17. The van der Waals surface area contributed by atoms with Crippen molar-refractivity contribution in [1.82, 2.24) is 4.90 Å². The number of methoxy groups -OCH3 is 1. The standard InChI is InChI=1S/C26H32N2O7S/c1-18(29)27-21-9-11-23(12-10-21)36(31,32)35-25-15-19(8-13-24(25)33-2)16-28(17-22-7-4-14-34-22)26(30)20-5-3-6-20/h8-13,15,20,22H,3-7,14,16-17H2,1-2H3,(H,27,29)/t22-/m1/s1. The van der Waals surface area contributed by atoms with Crippen LogP contribution in [-0.4, -0.2) is 51.5 Å². The van der Waals surface area contributed by atoms with Gasteiger partial charge < -0.3 is 23.9 Å². The zero-order chi connectivity index (χ0) is 25.7. The molecule has 1 aliphatic heterocycles. The molecule has 9 nitrogen and oxygen atoms in total. The smallest absolute Gasteiger partial charge is 0.339 e. The van der Waals surface area contributed by atoms with Gasteiger partial charge in [0.1, 0.15) is 4.90 Å². The van der Waals surface area contributed by atoms with E-state index in [1.807, 2.05) is 4.90 Å². The Labute approximate surface area is 211 Å². The fraction of sp³-hybridized carbons (Fsp3) is 0.462. The molecule has 0 aromatic heterocycles. The lowest BCUT2D eigenvalue weighted by atomic mass is 9.84. The summed E-state index contributed by atoms with van der Waals surface area (Å²) < 4.78 is 42.5. The number of hydrogen-bond donors (Lipinski definition) is 1. The van der Waals surface area contributed by atoms with E-state index in [2.05, 4.69) is 5.32 Å². The van der Waals surface area contributed by atoms with Crippen molar-refractivity contribution in [3.63, 3.8) is 0 Å². The molecule has 0 unspecified atom stereocenters. The molecule has 0 spiro atoms. The molecule has 1 saturated carbocycles. The van der Waals surface area contributed by atoms with Crippen LogP contribution in [0.4, 0.5) is 5.69 Å². The third kappa shape index (κ3) is 6.36. The molecule has 1 N–H and O–H groups in total. The van der Waals surface area contributed by atoms with Crippen molar-refractivity contribution in [2.45, 2.75) is 56.6 Å². The van der Waals surface area contributed by atoms with Crippen LogP contribution in [0.5, 0.6) is 11.5 Å². The van der Waals surface area contributed by atoms with Crippen LogP contribution in [-0.2, 0) is 31.0 Å². The number of hydrogen-bond acceptors (Lipinski definition) is 7. The van der Waals surface area contributed by atoms with Crippen molar-refractivity contribution in [3.05, 3.63) is 48.0 Å². The summed E-state index contributed by atoms with van der Waals surface area (Å²) in [5.41, 5.74) is 1.20. The molecule has 2 amide bonds. The summed E-state index contributed by atoms with van der Waals surface area (Å²) in [5.74, 6) is 0.193. The quantitative estimate of drug-likeness (QED) is 0.479. The van der Waals surface area contributed by atoms with Crippen molar-refractivity contribution in [2.24, 2.45) is 5.92 Å². The molecular weight excluding hydrogens is 484 g/mol. The van der Waals surface area contributed by atoms with Crippen LogP contribution in [0.2, 0.25) is 0 Å².